The average molecular weight is 1280 g/mol. The molecule has 1 aromatic carbocycles. The Morgan fingerprint density at radius 3 is 1.72 bits per heavy atom. The quantitative estimate of drug-likeness (QED) is 0.0332. The van der Waals surface area contributed by atoms with Crippen molar-refractivity contribution in [3.8, 4) is 5.75 Å². The summed E-state index contributed by atoms with van der Waals surface area (Å²) < 4.78 is 0. The second-order valence-electron chi connectivity index (χ2n) is 22.0. The molecule has 0 spiro atoms. The van der Waals surface area contributed by atoms with Gasteiger partial charge in [0.05, 0.1) is 38.0 Å². The van der Waals surface area contributed by atoms with E-state index < -0.39 is 212 Å². The number of aromatic hydroxyl groups is 1. The molecular weight excluding hydrogens is 1190 g/mol. The largest absolute Gasteiger partial charge is 0.508 e. The van der Waals surface area contributed by atoms with Gasteiger partial charge < -0.3 is 101 Å². The number of phenolic OH excluding ortho intramolecular Hbond substituents is 1. The fourth-order valence-electron chi connectivity index (χ4n) is 8.84. The van der Waals surface area contributed by atoms with E-state index in [2.05, 4.69) is 53.2 Å². The second-order valence-corrected chi connectivity index (χ2v) is 22.0. The van der Waals surface area contributed by atoms with E-state index in [1.54, 1.807) is 19.1 Å². The minimum Gasteiger partial charge on any atom is -0.508 e. The van der Waals surface area contributed by atoms with Gasteiger partial charge in [-0.25, -0.2) is 4.79 Å². The Morgan fingerprint density at radius 1 is 0.622 bits per heavy atom. The maximum Gasteiger partial charge on any atom is 0.326 e. The van der Waals surface area contributed by atoms with Gasteiger partial charge in [0, 0.05) is 12.8 Å². The molecule has 0 radical (unpaired) electrons. The van der Waals surface area contributed by atoms with Crippen molar-refractivity contribution in [3.05, 3.63) is 42.0 Å². The molecule has 0 aliphatic carbocycles. The Labute approximate surface area is 517 Å². The van der Waals surface area contributed by atoms with Crippen molar-refractivity contribution in [1.29, 1.82) is 0 Å². The fraction of sp³-hybridized carbons (Fsp3) is 0.589. The Balaban J connectivity index is 2.72. The normalized spacial score (nSPS) is 21.0. The van der Waals surface area contributed by atoms with E-state index in [-0.39, 0.29) is 57.1 Å². The summed E-state index contributed by atoms with van der Waals surface area (Å²) in [6.07, 6.45) is -2.46. The summed E-state index contributed by atoms with van der Waals surface area (Å²) in [6, 6.07) is -13.4. The summed E-state index contributed by atoms with van der Waals surface area (Å²) in [7, 11) is 0. The Bertz CT molecular complexity index is 2760. The van der Waals surface area contributed by atoms with Crippen LogP contribution in [0, 0.1) is 11.8 Å². The van der Waals surface area contributed by atoms with Crippen LogP contribution in [0.15, 0.2) is 36.4 Å². The molecule has 0 fully saturated rings. The number of rotatable bonds is 29. The number of carbonyl (C=O) groups is 15. The first-order valence-corrected chi connectivity index (χ1v) is 28.9. The van der Waals surface area contributed by atoms with Gasteiger partial charge in [-0.05, 0) is 81.4 Å². The number of aliphatic hydroxyl groups is 2. The van der Waals surface area contributed by atoms with Gasteiger partial charge in [-0.1, -0.05) is 58.4 Å². The number of aliphatic hydroxyl groups excluding tert-OH is 2. The van der Waals surface area contributed by atoms with Gasteiger partial charge >= 0.3 is 17.9 Å². The molecule has 1 aromatic rings. The van der Waals surface area contributed by atoms with Crippen LogP contribution in [0.4, 0.5) is 0 Å². The predicted octanol–water partition coefficient (Wildman–Crippen LogP) is -5.73. The van der Waals surface area contributed by atoms with E-state index in [9.17, 15) is 97.5 Å². The highest BCUT2D eigenvalue weighted by Gasteiger charge is 2.39. The zero-order chi connectivity index (χ0) is 68.1. The van der Waals surface area contributed by atoms with Crippen molar-refractivity contribution in [2.75, 3.05) is 6.61 Å². The zero-order valence-electron chi connectivity index (χ0n) is 50.5. The van der Waals surface area contributed by atoms with Crippen LogP contribution in [0.2, 0.25) is 0 Å². The topological polar surface area (TPSA) is 576 Å². The summed E-state index contributed by atoms with van der Waals surface area (Å²) >= 11 is 0. The van der Waals surface area contributed by atoms with Crippen molar-refractivity contribution in [1.82, 2.24) is 53.2 Å². The number of benzene rings is 1. The minimum absolute atomic E-state index is 0.0668. The lowest BCUT2D eigenvalue weighted by molar-refractivity contribution is -0.144. The highest BCUT2D eigenvalue weighted by atomic mass is 16.4. The van der Waals surface area contributed by atoms with Crippen LogP contribution in [-0.4, -0.2) is 199 Å². The molecule has 0 aromatic heterocycles. The highest BCUT2D eigenvalue weighted by Crippen LogP contribution is 2.16. The number of primary amides is 2. The molecule has 1 aliphatic heterocycles. The van der Waals surface area contributed by atoms with Crippen LogP contribution < -0.4 is 70.4 Å². The molecule has 1 aliphatic rings. The van der Waals surface area contributed by atoms with Gasteiger partial charge in [-0.3, -0.25) is 67.1 Å². The molecule has 12 amide bonds. The number of carbonyl (C=O) groups excluding carboxylic acids is 12. The smallest absolute Gasteiger partial charge is 0.326 e. The third kappa shape index (κ3) is 27.0. The molecule has 2 rings (SSSR count). The van der Waals surface area contributed by atoms with Crippen molar-refractivity contribution >= 4 is 88.8 Å². The van der Waals surface area contributed by atoms with E-state index in [0.29, 0.717) is 5.56 Å². The van der Waals surface area contributed by atoms with Gasteiger partial charge in [0.1, 0.15) is 66.2 Å². The zero-order valence-corrected chi connectivity index (χ0v) is 50.5. The summed E-state index contributed by atoms with van der Waals surface area (Å²) in [5, 5.41) is 82.6. The maximum atomic E-state index is 14.5. The molecule has 22 N–H and O–H groups in total. The molecule has 500 valence electrons. The number of allylic oxidation sites excluding steroid dienone is 2. The third-order valence-electron chi connectivity index (χ3n) is 14.2. The SMILES string of the molecule is CC[C@H](C)[C@H](NC(=O)[C@@H](NC(=O)[C@@H]1CCC/C=C\CCC[C@H](NC(=O)[C@H](CCC(=O)O)NC(=O)[C@H](CO)NC(=O)[C@@H](N)CC(=O)O)C(=O)N[C@@H](C(C)C)C(=O)N[C@@H](Cc2ccc(O)cc2)C(=O)N[C@@H](CC(N)=O)C(=O)N1)[C@@H](C)O)C(=O)N[C@@H](CC(N)=O)C(=O)O. The average Bonchev–Trinajstić information content (AvgIpc) is 3.14. The van der Waals surface area contributed by atoms with Gasteiger partial charge in [0.15, 0.2) is 0 Å². The number of carboxylic acid groups (broad SMARTS) is 3. The van der Waals surface area contributed by atoms with Crippen molar-refractivity contribution in [2.45, 2.75) is 191 Å². The number of carboxylic acids is 3. The first-order valence-electron chi connectivity index (χ1n) is 28.9. The Kier molecular flexibility index (Phi) is 32.6. The lowest BCUT2D eigenvalue weighted by Gasteiger charge is -2.30. The fourth-order valence-corrected chi connectivity index (χ4v) is 8.84. The molecular formula is C56H85N13O21. The molecule has 13 atom stereocenters. The lowest BCUT2D eigenvalue weighted by atomic mass is 9.97. The van der Waals surface area contributed by atoms with Crippen LogP contribution in [-0.2, 0) is 78.3 Å². The molecule has 34 heteroatoms. The third-order valence-corrected chi connectivity index (χ3v) is 14.2. The van der Waals surface area contributed by atoms with Gasteiger partial charge in [0.2, 0.25) is 70.9 Å². The molecule has 0 unspecified atom stereocenters. The van der Waals surface area contributed by atoms with Gasteiger partial charge in [0.25, 0.3) is 0 Å². The number of amides is 12. The van der Waals surface area contributed by atoms with E-state index >= 15 is 0 Å². The van der Waals surface area contributed by atoms with E-state index in [0.717, 1.165) is 6.92 Å². The monoisotopic (exact) mass is 1280 g/mol. The number of hydrogen-bond acceptors (Lipinski definition) is 19. The van der Waals surface area contributed by atoms with Crippen molar-refractivity contribution < 1.29 is 103 Å². The molecule has 0 bridgehead atoms. The molecule has 34 nitrogen and oxygen atoms in total. The first-order chi connectivity index (χ1) is 42.2. The Morgan fingerprint density at radius 2 is 1.19 bits per heavy atom. The number of nitrogens with one attached hydrogen (secondary N) is 10. The van der Waals surface area contributed by atoms with E-state index in [1.807, 2.05) is 0 Å². The van der Waals surface area contributed by atoms with Gasteiger partial charge in [-0.15, -0.1) is 0 Å². The van der Waals surface area contributed by atoms with Crippen LogP contribution in [0.3, 0.4) is 0 Å². The first kappa shape index (κ1) is 76.8. The summed E-state index contributed by atoms with van der Waals surface area (Å²) in [5.41, 5.74) is 16.6. The summed E-state index contributed by atoms with van der Waals surface area (Å²) in [5.74, 6) is -19.6. The van der Waals surface area contributed by atoms with Crippen LogP contribution in [0.5, 0.6) is 5.75 Å². The Hall–Kier alpha value is -9.31. The standard InChI is InChI=1S/C56H85N13O21/c1-6-27(4)44(54(87)65-37(56(89)90)24-40(59)74)68-55(88)45(28(5)71)69-49(82)33-14-12-10-8-7-9-11-13-32(60-47(80)34(19-20-41(75)76)62-52(85)38(25-70)66-46(79)31(57)22-42(77)78)48(81)67-43(26(2)3)53(86)64-35(21-29-15-17-30(72)18-16-29)50(83)63-36(23-39(58)73)51(84)61-33/h7-8,15-18,26-28,31-38,43-45,70-72H,6,9-14,19-25,57H2,1-5H3,(H2,58,73)(H2,59,74)(H,60,80)(H,61,84)(H,62,85)(H,63,83)(H,64,86)(H,65,87)(H,66,79)(H,67,81)(H,68,88)(H,69,82)(H,75,76)(H,77,78)(H,89,90)/b8-7-/t27-,28+,31-,32-,33-,34-,35-,36-,37-,38-,43-,44-,45-/m0/s1. The number of phenols is 1. The molecule has 0 saturated heterocycles. The predicted molar refractivity (Wildman–Crippen MR) is 313 cm³/mol. The number of nitrogens with two attached hydrogens (primary N) is 3. The highest BCUT2D eigenvalue weighted by molar-refractivity contribution is 6.00. The van der Waals surface area contributed by atoms with Crippen LogP contribution in [0.25, 0.3) is 0 Å². The minimum atomic E-state index is -1.89. The van der Waals surface area contributed by atoms with Crippen LogP contribution in [0.1, 0.15) is 117 Å². The summed E-state index contributed by atoms with van der Waals surface area (Å²) in [4.78, 5) is 198. The number of hydrogen-bond donors (Lipinski definition) is 19. The maximum absolute atomic E-state index is 14.5. The van der Waals surface area contributed by atoms with Gasteiger partial charge in [-0.2, -0.15) is 0 Å². The van der Waals surface area contributed by atoms with Crippen LogP contribution >= 0.6 is 0 Å². The summed E-state index contributed by atoms with van der Waals surface area (Å²) in [6.45, 7) is 6.19. The van der Waals surface area contributed by atoms with E-state index in [1.165, 1.54) is 45.0 Å². The van der Waals surface area contributed by atoms with Crippen molar-refractivity contribution in [3.63, 3.8) is 0 Å². The second kappa shape index (κ2) is 38.2. The number of aliphatic carboxylic acids is 3. The molecule has 0 saturated carbocycles. The molecule has 1 heterocycles. The van der Waals surface area contributed by atoms with E-state index in [4.69, 9.17) is 22.3 Å². The molecule has 90 heavy (non-hydrogen) atoms. The van der Waals surface area contributed by atoms with Crippen molar-refractivity contribution in [2.24, 2.45) is 29.0 Å². The lowest BCUT2D eigenvalue weighted by Crippen LogP contribution is -2.62.